The molecule has 0 bridgehead atoms. The smallest absolute Gasteiger partial charge is 0.412 e. The van der Waals surface area contributed by atoms with E-state index in [0.29, 0.717) is 5.69 Å². The summed E-state index contributed by atoms with van der Waals surface area (Å²) in [7, 11) is 0. The fraction of sp³-hybridized carbons (Fsp3) is 0.500. The molecule has 1 heterocycles. The summed E-state index contributed by atoms with van der Waals surface area (Å²) in [5.74, 6) is 0.872. The Labute approximate surface area is 106 Å². The van der Waals surface area contributed by atoms with Gasteiger partial charge in [-0.25, -0.2) is 4.79 Å². The number of hydrogen-bond donors (Lipinski definition) is 1. The van der Waals surface area contributed by atoms with Gasteiger partial charge in [0.15, 0.2) is 0 Å². The molecule has 5 heteroatoms. The number of amides is 1. The Kier molecular flexibility index (Phi) is 4.81. The van der Waals surface area contributed by atoms with Gasteiger partial charge in [0.2, 0.25) is 0 Å². The summed E-state index contributed by atoms with van der Waals surface area (Å²) < 4.78 is 5.16. The van der Waals surface area contributed by atoms with Gasteiger partial charge in [-0.3, -0.25) is 10.3 Å². The van der Waals surface area contributed by atoms with Gasteiger partial charge in [-0.15, -0.1) is 0 Å². The number of carbonyl (C=O) groups is 1. The predicted octanol–water partition coefficient (Wildman–Crippen LogP) is 3.29. The van der Waals surface area contributed by atoms with E-state index in [-0.39, 0.29) is 0 Å². The van der Waals surface area contributed by atoms with E-state index in [2.05, 4.69) is 10.3 Å². The zero-order chi connectivity index (χ0) is 12.9. The van der Waals surface area contributed by atoms with E-state index in [0.717, 1.165) is 11.3 Å². The van der Waals surface area contributed by atoms with E-state index in [1.807, 2.05) is 33.1 Å². The first-order chi connectivity index (χ1) is 7.90. The predicted molar refractivity (Wildman–Crippen MR) is 71.3 cm³/mol. The topological polar surface area (TPSA) is 51.2 Å². The van der Waals surface area contributed by atoms with Crippen molar-refractivity contribution in [2.24, 2.45) is 0 Å². The molecule has 0 atom stereocenters. The summed E-state index contributed by atoms with van der Waals surface area (Å²) in [5, 5.41) is 2.66. The maximum absolute atomic E-state index is 11.5. The Morgan fingerprint density at radius 3 is 2.76 bits per heavy atom. The molecule has 0 aliphatic rings. The monoisotopic (exact) mass is 254 g/mol. The molecule has 0 unspecified atom stereocenters. The van der Waals surface area contributed by atoms with Crippen LogP contribution in [-0.2, 0) is 10.5 Å². The summed E-state index contributed by atoms with van der Waals surface area (Å²) in [6.45, 7) is 5.49. The Morgan fingerprint density at radius 2 is 2.18 bits per heavy atom. The molecule has 1 aromatic rings. The van der Waals surface area contributed by atoms with Crippen LogP contribution in [0.5, 0.6) is 0 Å². The normalized spacial score (nSPS) is 11.1. The van der Waals surface area contributed by atoms with Crippen LogP contribution in [0.3, 0.4) is 0 Å². The molecule has 0 saturated heterocycles. The lowest BCUT2D eigenvalue weighted by Gasteiger charge is -2.19. The van der Waals surface area contributed by atoms with E-state index in [1.165, 1.54) is 0 Å². The van der Waals surface area contributed by atoms with Gasteiger partial charge >= 0.3 is 6.09 Å². The maximum Gasteiger partial charge on any atom is 0.412 e. The molecule has 1 rings (SSSR count). The van der Waals surface area contributed by atoms with E-state index < -0.39 is 11.7 Å². The molecule has 1 N–H and O–H groups in total. The highest BCUT2D eigenvalue weighted by Gasteiger charge is 2.16. The first-order valence-electron chi connectivity index (χ1n) is 5.33. The average molecular weight is 254 g/mol. The average Bonchev–Trinajstić information content (AvgIpc) is 2.15. The van der Waals surface area contributed by atoms with E-state index in [4.69, 9.17) is 4.74 Å². The van der Waals surface area contributed by atoms with Gasteiger partial charge in [0.25, 0.3) is 0 Å². The zero-order valence-corrected chi connectivity index (χ0v) is 11.4. The van der Waals surface area contributed by atoms with Gasteiger partial charge in [-0.2, -0.15) is 11.8 Å². The standard InChI is InChI=1S/C12H18N2O2S/c1-12(2,3)16-11(15)14-10-5-9(8-17-4)6-13-7-10/h5-7H,8H2,1-4H3,(H,14,15). The Morgan fingerprint density at radius 1 is 1.47 bits per heavy atom. The number of thioether (sulfide) groups is 1. The molecule has 0 fully saturated rings. The van der Waals surface area contributed by atoms with E-state index in [9.17, 15) is 4.79 Å². The van der Waals surface area contributed by atoms with E-state index >= 15 is 0 Å². The molecule has 0 aliphatic carbocycles. The van der Waals surface area contributed by atoms with Crippen LogP contribution in [0.15, 0.2) is 18.5 Å². The highest BCUT2D eigenvalue weighted by atomic mass is 32.2. The number of rotatable bonds is 3. The van der Waals surface area contributed by atoms with Crippen molar-refractivity contribution < 1.29 is 9.53 Å². The molecular weight excluding hydrogens is 236 g/mol. The number of nitrogens with one attached hydrogen (secondary N) is 1. The third kappa shape index (κ3) is 5.58. The van der Waals surface area contributed by atoms with Crippen LogP contribution in [0.4, 0.5) is 10.5 Å². The van der Waals surface area contributed by atoms with Crippen molar-refractivity contribution in [3.05, 3.63) is 24.0 Å². The minimum atomic E-state index is -0.492. The second-order valence-corrected chi connectivity index (χ2v) is 5.51. The van der Waals surface area contributed by atoms with Crippen LogP contribution < -0.4 is 5.32 Å². The van der Waals surface area contributed by atoms with Crippen LogP contribution in [0.2, 0.25) is 0 Å². The van der Waals surface area contributed by atoms with Crippen molar-refractivity contribution in [1.29, 1.82) is 0 Å². The van der Waals surface area contributed by atoms with Crippen LogP contribution in [-0.4, -0.2) is 22.9 Å². The molecule has 1 amide bonds. The molecule has 0 aliphatic heterocycles. The van der Waals surface area contributed by atoms with Crippen LogP contribution in [0.25, 0.3) is 0 Å². The maximum atomic E-state index is 11.5. The Bertz CT molecular complexity index is 388. The first-order valence-corrected chi connectivity index (χ1v) is 6.73. The lowest BCUT2D eigenvalue weighted by atomic mass is 10.2. The Hall–Kier alpha value is -1.23. The van der Waals surface area contributed by atoms with Crippen molar-refractivity contribution in [1.82, 2.24) is 4.98 Å². The molecule has 0 spiro atoms. The van der Waals surface area contributed by atoms with Gasteiger partial charge < -0.3 is 4.74 Å². The summed E-state index contributed by atoms with van der Waals surface area (Å²) in [6.07, 6.45) is 4.96. The summed E-state index contributed by atoms with van der Waals surface area (Å²) in [5.41, 5.74) is 1.24. The van der Waals surface area contributed by atoms with Crippen molar-refractivity contribution in [3.8, 4) is 0 Å². The van der Waals surface area contributed by atoms with Crippen molar-refractivity contribution in [2.75, 3.05) is 11.6 Å². The van der Waals surface area contributed by atoms with Crippen LogP contribution >= 0.6 is 11.8 Å². The molecule has 0 saturated carbocycles. The molecule has 94 valence electrons. The van der Waals surface area contributed by atoms with Crippen LogP contribution in [0.1, 0.15) is 26.3 Å². The third-order valence-corrected chi connectivity index (χ3v) is 2.37. The number of ether oxygens (including phenoxy) is 1. The third-order valence-electron chi connectivity index (χ3n) is 1.75. The van der Waals surface area contributed by atoms with Gasteiger partial charge in [0.1, 0.15) is 5.60 Å². The second kappa shape index (κ2) is 5.91. The number of pyridine rings is 1. The van der Waals surface area contributed by atoms with Gasteiger partial charge in [-0.05, 0) is 38.7 Å². The molecule has 4 nitrogen and oxygen atoms in total. The zero-order valence-electron chi connectivity index (χ0n) is 10.6. The quantitative estimate of drug-likeness (QED) is 0.899. The molecule has 0 radical (unpaired) electrons. The second-order valence-electron chi connectivity index (χ2n) is 4.64. The van der Waals surface area contributed by atoms with Crippen molar-refractivity contribution >= 4 is 23.5 Å². The lowest BCUT2D eigenvalue weighted by Crippen LogP contribution is -2.27. The van der Waals surface area contributed by atoms with Crippen LogP contribution in [0, 0.1) is 0 Å². The fourth-order valence-corrected chi connectivity index (χ4v) is 1.71. The fourth-order valence-electron chi connectivity index (χ4n) is 1.22. The minimum absolute atomic E-state index is 0.458. The summed E-state index contributed by atoms with van der Waals surface area (Å²) in [4.78, 5) is 15.6. The van der Waals surface area contributed by atoms with Crippen molar-refractivity contribution in [3.63, 3.8) is 0 Å². The first kappa shape index (κ1) is 13.8. The largest absolute Gasteiger partial charge is 0.444 e. The number of aromatic nitrogens is 1. The molecule has 1 aromatic heterocycles. The number of anilines is 1. The molecular formula is C12H18N2O2S. The summed E-state index contributed by atoms with van der Waals surface area (Å²) >= 11 is 1.71. The van der Waals surface area contributed by atoms with E-state index in [1.54, 1.807) is 24.2 Å². The number of carbonyl (C=O) groups excluding carboxylic acids is 1. The lowest BCUT2D eigenvalue weighted by molar-refractivity contribution is 0.0636. The molecule has 0 aromatic carbocycles. The molecule has 17 heavy (non-hydrogen) atoms. The van der Waals surface area contributed by atoms with Crippen molar-refractivity contribution in [2.45, 2.75) is 32.1 Å². The summed E-state index contributed by atoms with van der Waals surface area (Å²) in [6, 6.07) is 1.90. The highest BCUT2D eigenvalue weighted by molar-refractivity contribution is 7.97. The van der Waals surface area contributed by atoms with Gasteiger partial charge in [0.05, 0.1) is 11.9 Å². The minimum Gasteiger partial charge on any atom is -0.444 e. The Balaban J connectivity index is 2.62. The number of hydrogen-bond acceptors (Lipinski definition) is 4. The highest BCUT2D eigenvalue weighted by Crippen LogP contribution is 2.14. The SMILES string of the molecule is CSCc1cncc(NC(=O)OC(C)(C)C)c1. The van der Waals surface area contributed by atoms with Gasteiger partial charge in [-0.1, -0.05) is 0 Å². The van der Waals surface area contributed by atoms with Gasteiger partial charge in [0, 0.05) is 11.9 Å². The number of nitrogens with zero attached hydrogens (tertiary/aromatic N) is 1.